The summed E-state index contributed by atoms with van der Waals surface area (Å²) < 4.78 is 26.1. The van der Waals surface area contributed by atoms with Gasteiger partial charge in [0.2, 0.25) is 0 Å². The van der Waals surface area contributed by atoms with E-state index in [1.165, 1.54) is 0 Å². The molecule has 0 aliphatic carbocycles. The zero-order chi connectivity index (χ0) is 24.6. The minimum absolute atomic E-state index is 0.105. The molecule has 4 rings (SSSR count). The first-order valence-corrected chi connectivity index (χ1v) is 12.1. The van der Waals surface area contributed by atoms with Gasteiger partial charge in [0, 0.05) is 24.7 Å². The number of aliphatic hydroxyl groups is 1. The third-order valence-electron chi connectivity index (χ3n) is 6.95. The maximum absolute atomic E-state index is 15.4. The molecule has 1 unspecified atom stereocenters. The van der Waals surface area contributed by atoms with E-state index in [2.05, 4.69) is 21.7 Å². The first-order chi connectivity index (χ1) is 17.1. The summed E-state index contributed by atoms with van der Waals surface area (Å²) in [5, 5.41) is 10.8. The molecule has 1 aliphatic heterocycles. The maximum Gasteiger partial charge on any atom is 0.134 e. The molecule has 3 atom stereocenters. The van der Waals surface area contributed by atoms with Crippen LogP contribution in [-0.4, -0.2) is 55.5 Å². The van der Waals surface area contributed by atoms with E-state index in [0.29, 0.717) is 30.2 Å². The molecule has 0 bridgehead atoms. The van der Waals surface area contributed by atoms with Gasteiger partial charge in [-0.2, -0.15) is 0 Å². The minimum atomic E-state index is -1.09. The third kappa shape index (κ3) is 6.11. The number of halogens is 1. The van der Waals surface area contributed by atoms with Crippen molar-refractivity contribution in [1.29, 1.82) is 0 Å². The van der Waals surface area contributed by atoms with Crippen LogP contribution in [-0.2, 0) is 0 Å². The van der Waals surface area contributed by atoms with Crippen molar-refractivity contribution in [2.75, 3.05) is 40.5 Å². The number of nitrogens with zero attached hydrogens (tertiary/aromatic N) is 2. The standard InChI is InChI=1S/C29H33FN2O3/c1-34-24-10-12-28-26(18-24)25(13-15-31-28)27(30)11-9-21-14-17-32(19-23(21)20-33)16-5-7-22-6-3-4-8-29(22)35-2/h3-4,6,8,10,12-13,15,18,21,23,27,33H,9,11,14,16-17,19-20H2,1-2H3/t21-,23-,27?/m1/s1. The molecule has 0 spiro atoms. The van der Waals surface area contributed by atoms with Crippen molar-refractivity contribution in [1.82, 2.24) is 9.88 Å². The van der Waals surface area contributed by atoms with Gasteiger partial charge in [-0.05, 0) is 79.6 Å². The van der Waals surface area contributed by atoms with Gasteiger partial charge in [-0.1, -0.05) is 24.0 Å². The molecule has 35 heavy (non-hydrogen) atoms. The number of pyridine rings is 1. The molecule has 1 fully saturated rings. The summed E-state index contributed by atoms with van der Waals surface area (Å²) in [5.74, 6) is 8.32. The first kappa shape index (κ1) is 25.0. The molecule has 0 saturated carbocycles. The summed E-state index contributed by atoms with van der Waals surface area (Å²) >= 11 is 0. The predicted octanol–water partition coefficient (Wildman–Crippen LogP) is 5.02. The largest absolute Gasteiger partial charge is 0.497 e. The minimum Gasteiger partial charge on any atom is -0.497 e. The summed E-state index contributed by atoms with van der Waals surface area (Å²) in [6, 6.07) is 15.0. The predicted molar refractivity (Wildman–Crippen MR) is 136 cm³/mol. The van der Waals surface area contributed by atoms with E-state index in [4.69, 9.17) is 9.47 Å². The zero-order valence-corrected chi connectivity index (χ0v) is 20.4. The molecule has 6 heteroatoms. The third-order valence-corrected chi connectivity index (χ3v) is 6.95. The quantitative estimate of drug-likeness (QED) is 0.463. The highest BCUT2D eigenvalue weighted by atomic mass is 19.1. The average molecular weight is 477 g/mol. The molecule has 1 aromatic heterocycles. The van der Waals surface area contributed by atoms with Crippen LogP contribution in [0.4, 0.5) is 4.39 Å². The summed E-state index contributed by atoms with van der Waals surface area (Å²) in [6.07, 6.45) is 2.67. The van der Waals surface area contributed by atoms with E-state index in [1.807, 2.05) is 42.5 Å². The molecule has 184 valence electrons. The van der Waals surface area contributed by atoms with Crippen LogP contribution in [0.15, 0.2) is 54.7 Å². The Bertz CT molecular complexity index is 1190. The van der Waals surface area contributed by atoms with E-state index in [1.54, 1.807) is 26.5 Å². The fraction of sp³-hybridized carbons (Fsp3) is 0.414. The second-order valence-electron chi connectivity index (χ2n) is 9.06. The highest BCUT2D eigenvalue weighted by Crippen LogP contribution is 2.35. The number of ether oxygens (including phenoxy) is 2. The monoisotopic (exact) mass is 476 g/mol. The lowest BCUT2D eigenvalue weighted by molar-refractivity contribution is 0.0708. The van der Waals surface area contributed by atoms with Gasteiger partial charge < -0.3 is 14.6 Å². The Hall–Kier alpha value is -3.14. The van der Waals surface area contributed by atoms with Crippen molar-refractivity contribution in [3.05, 3.63) is 65.9 Å². The molecule has 1 aliphatic rings. The number of hydrogen-bond donors (Lipinski definition) is 1. The van der Waals surface area contributed by atoms with Crippen molar-refractivity contribution >= 4 is 10.9 Å². The number of methoxy groups -OCH3 is 2. The van der Waals surface area contributed by atoms with E-state index in [-0.39, 0.29) is 12.5 Å². The molecule has 1 saturated heterocycles. The van der Waals surface area contributed by atoms with E-state index in [9.17, 15) is 5.11 Å². The Labute approximate surface area is 206 Å². The number of aliphatic hydroxyl groups excluding tert-OH is 1. The number of hydrogen-bond acceptors (Lipinski definition) is 5. The van der Waals surface area contributed by atoms with Crippen molar-refractivity contribution in [3.8, 4) is 23.3 Å². The van der Waals surface area contributed by atoms with Crippen molar-refractivity contribution < 1.29 is 19.0 Å². The number of rotatable bonds is 8. The molecular formula is C29H33FN2O3. The molecule has 0 radical (unpaired) electrons. The second-order valence-corrected chi connectivity index (χ2v) is 9.06. The van der Waals surface area contributed by atoms with E-state index < -0.39 is 6.17 Å². The van der Waals surface area contributed by atoms with Gasteiger partial charge >= 0.3 is 0 Å². The molecule has 5 nitrogen and oxygen atoms in total. The number of fused-ring (bicyclic) bond motifs is 1. The number of likely N-dealkylation sites (tertiary alicyclic amines) is 1. The molecule has 3 aromatic rings. The van der Waals surface area contributed by atoms with Crippen LogP contribution in [0.2, 0.25) is 0 Å². The van der Waals surface area contributed by atoms with Gasteiger partial charge in [-0.15, -0.1) is 0 Å². The van der Waals surface area contributed by atoms with Crippen LogP contribution in [0, 0.1) is 23.7 Å². The normalized spacial score (nSPS) is 19.1. The van der Waals surface area contributed by atoms with Crippen LogP contribution in [0.25, 0.3) is 10.9 Å². The average Bonchev–Trinajstić information content (AvgIpc) is 2.91. The summed E-state index contributed by atoms with van der Waals surface area (Å²) in [7, 11) is 3.25. The molecule has 2 heterocycles. The van der Waals surface area contributed by atoms with Gasteiger partial charge in [0.25, 0.3) is 0 Å². The SMILES string of the molecule is COc1ccc2nccc(C(F)CC[C@@H]3CCN(CC#Cc4ccccc4OC)C[C@@H]3CO)c2c1. The zero-order valence-electron chi connectivity index (χ0n) is 20.4. The molecule has 1 N–H and O–H groups in total. The van der Waals surface area contributed by atoms with Gasteiger partial charge in [0.15, 0.2) is 0 Å². The first-order valence-electron chi connectivity index (χ1n) is 12.1. The molecular weight excluding hydrogens is 443 g/mol. The van der Waals surface area contributed by atoms with Crippen LogP contribution in [0.5, 0.6) is 11.5 Å². The topological polar surface area (TPSA) is 54.8 Å². The highest BCUT2D eigenvalue weighted by molar-refractivity contribution is 5.83. The van der Waals surface area contributed by atoms with Crippen molar-refractivity contribution in [2.45, 2.75) is 25.4 Å². The van der Waals surface area contributed by atoms with Gasteiger partial charge in [0.05, 0.1) is 31.8 Å². The fourth-order valence-corrected chi connectivity index (χ4v) is 4.94. The Morgan fingerprint density at radius 2 is 2.00 bits per heavy atom. The van der Waals surface area contributed by atoms with Crippen LogP contribution in [0.3, 0.4) is 0 Å². The van der Waals surface area contributed by atoms with Crippen molar-refractivity contribution in [2.24, 2.45) is 11.8 Å². The summed E-state index contributed by atoms with van der Waals surface area (Å²) in [5.41, 5.74) is 2.29. The Balaban J connectivity index is 1.34. The fourth-order valence-electron chi connectivity index (χ4n) is 4.94. The molecule has 0 amide bonds. The van der Waals surface area contributed by atoms with Crippen molar-refractivity contribution in [3.63, 3.8) is 0 Å². The smallest absolute Gasteiger partial charge is 0.134 e. The summed E-state index contributed by atoms with van der Waals surface area (Å²) in [4.78, 5) is 6.63. The number of aromatic nitrogens is 1. The number of alkyl halides is 1. The highest BCUT2D eigenvalue weighted by Gasteiger charge is 2.29. The molecule has 2 aromatic carbocycles. The van der Waals surface area contributed by atoms with E-state index in [0.717, 1.165) is 48.1 Å². The Morgan fingerprint density at radius 1 is 1.14 bits per heavy atom. The van der Waals surface area contributed by atoms with Gasteiger partial charge in [-0.25, -0.2) is 4.39 Å². The van der Waals surface area contributed by atoms with Crippen LogP contribution in [0.1, 0.15) is 36.6 Å². The lowest BCUT2D eigenvalue weighted by atomic mass is 9.81. The Kier molecular flexibility index (Phi) is 8.57. The second kappa shape index (κ2) is 12.0. The lowest BCUT2D eigenvalue weighted by Gasteiger charge is -2.37. The maximum atomic E-state index is 15.4. The van der Waals surface area contributed by atoms with Crippen LogP contribution < -0.4 is 9.47 Å². The van der Waals surface area contributed by atoms with Gasteiger partial charge in [-0.3, -0.25) is 9.88 Å². The number of piperidine rings is 1. The van der Waals surface area contributed by atoms with E-state index >= 15 is 4.39 Å². The lowest BCUT2D eigenvalue weighted by Crippen LogP contribution is -2.42. The number of benzene rings is 2. The summed E-state index contributed by atoms with van der Waals surface area (Å²) in [6.45, 7) is 2.41. The van der Waals surface area contributed by atoms with Crippen LogP contribution >= 0.6 is 0 Å². The number of para-hydroxylation sites is 1. The van der Waals surface area contributed by atoms with Gasteiger partial charge in [0.1, 0.15) is 17.7 Å². The Morgan fingerprint density at radius 3 is 2.80 bits per heavy atom.